The van der Waals surface area contributed by atoms with Gasteiger partial charge >= 0.3 is 0 Å². The maximum absolute atomic E-state index is 6.07. The second kappa shape index (κ2) is 11.7. The molecule has 2 nitrogen and oxygen atoms in total. The second-order valence-corrected chi connectivity index (χ2v) is 9.51. The van der Waals surface area contributed by atoms with Crippen LogP contribution in [0.15, 0.2) is 152 Å². The molecule has 5 aromatic rings. The Morgan fingerprint density at radius 2 is 0.919 bits per heavy atom. The first-order valence-corrected chi connectivity index (χ1v) is 13.0. The summed E-state index contributed by atoms with van der Waals surface area (Å²) >= 11 is 6.07. The van der Waals surface area contributed by atoms with Gasteiger partial charge in [0, 0.05) is 0 Å². The van der Waals surface area contributed by atoms with Gasteiger partial charge in [-0.25, -0.2) is 0 Å². The van der Waals surface area contributed by atoms with E-state index in [1.807, 2.05) is 24.3 Å². The van der Waals surface area contributed by atoms with Crippen LogP contribution in [0.1, 0.15) is 33.9 Å². The molecule has 5 aromatic carbocycles. The van der Waals surface area contributed by atoms with Crippen LogP contribution in [0.5, 0.6) is 0 Å². The van der Waals surface area contributed by atoms with E-state index in [2.05, 4.69) is 138 Å². The SMILES string of the molecule is S=C(NC(Cc1ccccc1)c1ccccc1)NC(c1ccccc1)(c1ccccc1)c1ccccc1. The van der Waals surface area contributed by atoms with Crippen molar-refractivity contribution in [3.8, 4) is 0 Å². The van der Waals surface area contributed by atoms with Crippen LogP contribution >= 0.6 is 12.2 Å². The third-order valence-corrected chi connectivity index (χ3v) is 6.93. The first-order chi connectivity index (χ1) is 18.3. The summed E-state index contributed by atoms with van der Waals surface area (Å²) in [6.07, 6.45) is 0.821. The molecule has 182 valence electrons. The molecule has 0 saturated heterocycles. The number of hydrogen-bond acceptors (Lipinski definition) is 1. The first-order valence-electron chi connectivity index (χ1n) is 12.6. The highest BCUT2D eigenvalue weighted by Gasteiger charge is 2.37. The number of hydrogen-bond donors (Lipinski definition) is 2. The molecule has 2 N–H and O–H groups in total. The molecule has 0 bridgehead atoms. The topological polar surface area (TPSA) is 24.1 Å². The Bertz CT molecular complexity index is 1290. The zero-order valence-electron chi connectivity index (χ0n) is 20.6. The van der Waals surface area contributed by atoms with E-state index in [0.29, 0.717) is 5.11 Å². The van der Waals surface area contributed by atoms with Crippen LogP contribution in [0.4, 0.5) is 0 Å². The van der Waals surface area contributed by atoms with Crippen LogP contribution in [0.3, 0.4) is 0 Å². The molecule has 37 heavy (non-hydrogen) atoms. The highest BCUT2D eigenvalue weighted by molar-refractivity contribution is 7.80. The normalized spacial score (nSPS) is 11.9. The van der Waals surface area contributed by atoms with E-state index in [-0.39, 0.29) is 6.04 Å². The number of thiocarbonyl (C=S) groups is 1. The van der Waals surface area contributed by atoms with Gasteiger partial charge in [0.1, 0.15) is 5.54 Å². The molecule has 1 unspecified atom stereocenters. The van der Waals surface area contributed by atoms with Crippen molar-refractivity contribution in [2.75, 3.05) is 0 Å². The standard InChI is InChI=1S/C34H30N2S/c37-33(35-32(28-18-8-2-9-19-28)26-27-16-6-1-7-17-27)36-34(29-20-10-3-11-21-29,30-22-12-4-13-23-30)31-24-14-5-15-25-31/h1-25,32H,26H2,(H2,35,36,37). The molecular weight excluding hydrogens is 468 g/mol. The molecule has 0 aliphatic carbocycles. The summed E-state index contributed by atoms with van der Waals surface area (Å²) in [5.41, 5.74) is 5.15. The molecule has 3 heteroatoms. The number of benzene rings is 5. The van der Waals surface area contributed by atoms with Gasteiger partial charge in [0.05, 0.1) is 6.04 Å². The molecule has 0 saturated carbocycles. The lowest BCUT2D eigenvalue weighted by atomic mass is 9.77. The molecular formula is C34H30N2S. The van der Waals surface area contributed by atoms with Gasteiger partial charge < -0.3 is 10.6 Å². The van der Waals surface area contributed by atoms with Crippen LogP contribution in [-0.2, 0) is 12.0 Å². The van der Waals surface area contributed by atoms with E-state index in [0.717, 1.165) is 23.1 Å². The molecule has 0 aliphatic heterocycles. The zero-order valence-corrected chi connectivity index (χ0v) is 21.4. The summed E-state index contributed by atoms with van der Waals surface area (Å²) in [7, 11) is 0. The minimum absolute atomic E-state index is 0.0172. The van der Waals surface area contributed by atoms with Crippen LogP contribution in [0.2, 0.25) is 0 Å². The minimum Gasteiger partial charge on any atom is -0.356 e. The van der Waals surface area contributed by atoms with E-state index in [9.17, 15) is 0 Å². The van der Waals surface area contributed by atoms with Crippen molar-refractivity contribution in [2.45, 2.75) is 18.0 Å². The maximum Gasteiger partial charge on any atom is 0.168 e. The van der Waals surface area contributed by atoms with Crippen molar-refractivity contribution in [1.82, 2.24) is 10.6 Å². The zero-order chi connectivity index (χ0) is 25.3. The van der Waals surface area contributed by atoms with Gasteiger partial charge in [0.2, 0.25) is 0 Å². The van der Waals surface area contributed by atoms with E-state index in [4.69, 9.17) is 12.2 Å². The van der Waals surface area contributed by atoms with E-state index < -0.39 is 5.54 Å². The van der Waals surface area contributed by atoms with Gasteiger partial charge in [-0.3, -0.25) is 0 Å². The quantitative estimate of drug-likeness (QED) is 0.172. The largest absolute Gasteiger partial charge is 0.356 e. The highest BCUT2D eigenvalue weighted by atomic mass is 32.1. The summed E-state index contributed by atoms with van der Waals surface area (Å²) in [5, 5.41) is 8.05. The third kappa shape index (κ3) is 5.63. The fourth-order valence-corrected chi connectivity index (χ4v) is 5.23. The highest BCUT2D eigenvalue weighted by Crippen LogP contribution is 2.37. The average molecular weight is 499 g/mol. The molecule has 0 fully saturated rings. The molecule has 0 heterocycles. The summed E-state index contributed by atoms with van der Waals surface area (Å²) in [4.78, 5) is 0. The van der Waals surface area contributed by atoms with E-state index in [1.165, 1.54) is 11.1 Å². The van der Waals surface area contributed by atoms with Crippen LogP contribution in [0, 0.1) is 0 Å². The van der Waals surface area contributed by atoms with Crippen LogP contribution in [0.25, 0.3) is 0 Å². The van der Waals surface area contributed by atoms with Crippen molar-refractivity contribution in [3.63, 3.8) is 0 Å². The Kier molecular flexibility index (Phi) is 7.73. The Balaban J connectivity index is 1.55. The van der Waals surface area contributed by atoms with Gasteiger partial charge in [-0.05, 0) is 46.5 Å². The van der Waals surface area contributed by atoms with Gasteiger partial charge in [-0.2, -0.15) is 0 Å². The van der Waals surface area contributed by atoms with Gasteiger partial charge in [0.15, 0.2) is 5.11 Å². The molecule has 5 rings (SSSR count). The Morgan fingerprint density at radius 1 is 0.541 bits per heavy atom. The third-order valence-electron chi connectivity index (χ3n) is 6.71. The minimum atomic E-state index is -0.665. The Morgan fingerprint density at radius 3 is 1.35 bits per heavy atom. The van der Waals surface area contributed by atoms with E-state index >= 15 is 0 Å². The molecule has 0 radical (unpaired) electrons. The van der Waals surface area contributed by atoms with Crippen LogP contribution in [-0.4, -0.2) is 5.11 Å². The summed E-state index contributed by atoms with van der Waals surface area (Å²) in [5.74, 6) is 0. The summed E-state index contributed by atoms with van der Waals surface area (Å²) < 4.78 is 0. The van der Waals surface area contributed by atoms with Crippen LogP contribution < -0.4 is 10.6 Å². The first kappa shape index (κ1) is 24.5. The van der Waals surface area contributed by atoms with Gasteiger partial charge in [0.25, 0.3) is 0 Å². The monoisotopic (exact) mass is 498 g/mol. The summed E-state index contributed by atoms with van der Waals surface area (Å²) in [6, 6.07) is 52.7. The Labute approximate surface area is 225 Å². The lowest BCUT2D eigenvalue weighted by molar-refractivity contribution is 0.548. The van der Waals surface area contributed by atoms with Crippen molar-refractivity contribution >= 4 is 17.3 Å². The lowest BCUT2D eigenvalue weighted by Gasteiger charge is -2.38. The fraction of sp³-hybridized carbons (Fsp3) is 0.0882. The average Bonchev–Trinajstić information content (AvgIpc) is 2.98. The fourth-order valence-electron chi connectivity index (χ4n) is 4.93. The predicted octanol–water partition coefficient (Wildman–Crippen LogP) is 7.43. The van der Waals surface area contributed by atoms with Gasteiger partial charge in [-0.1, -0.05) is 152 Å². The van der Waals surface area contributed by atoms with Crippen molar-refractivity contribution in [3.05, 3.63) is 179 Å². The number of nitrogens with one attached hydrogen (secondary N) is 2. The summed E-state index contributed by atoms with van der Waals surface area (Å²) in [6.45, 7) is 0. The van der Waals surface area contributed by atoms with Crippen molar-refractivity contribution in [1.29, 1.82) is 0 Å². The van der Waals surface area contributed by atoms with Gasteiger partial charge in [-0.15, -0.1) is 0 Å². The van der Waals surface area contributed by atoms with E-state index in [1.54, 1.807) is 0 Å². The Hall–Kier alpha value is -4.21. The lowest BCUT2D eigenvalue weighted by Crippen LogP contribution is -2.52. The molecule has 1 atom stereocenters. The predicted molar refractivity (Wildman–Crippen MR) is 157 cm³/mol. The number of rotatable bonds is 8. The van der Waals surface area contributed by atoms with Crippen molar-refractivity contribution < 1.29 is 0 Å². The maximum atomic E-state index is 6.07. The molecule has 0 spiro atoms. The molecule has 0 aromatic heterocycles. The smallest absolute Gasteiger partial charge is 0.168 e. The second-order valence-electron chi connectivity index (χ2n) is 9.10. The molecule has 0 amide bonds. The van der Waals surface area contributed by atoms with Crippen molar-refractivity contribution in [2.24, 2.45) is 0 Å². The molecule has 0 aliphatic rings.